The highest BCUT2D eigenvalue weighted by atomic mass is 16.5. The van der Waals surface area contributed by atoms with Crippen LogP contribution < -0.4 is 5.32 Å². The lowest BCUT2D eigenvalue weighted by atomic mass is 9.96. The summed E-state index contributed by atoms with van der Waals surface area (Å²) in [5.41, 5.74) is 1.32. The summed E-state index contributed by atoms with van der Waals surface area (Å²) in [6.07, 6.45) is 5.33. The van der Waals surface area contributed by atoms with Crippen LogP contribution in [0.3, 0.4) is 0 Å². The van der Waals surface area contributed by atoms with Gasteiger partial charge in [-0.1, -0.05) is 30.3 Å². The molecular formula is C18H28N2O2. The Morgan fingerprint density at radius 1 is 1.27 bits per heavy atom. The fourth-order valence-electron chi connectivity index (χ4n) is 2.78. The molecule has 0 radical (unpaired) electrons. The fourth-order valence-corrected chi connectivity index (χ4v) is 2.78. The lowest BCUT2D eigenvalue weighted by Gasteiger charge is -2.25. The Morgan fingerprint density at radius 3 is 2.73 bits per heavy atom. The maximum atomic E-state index is 12.0. The Labute approximate surface area is 133 Å². The van der Waals surface area contributed by atoms with Gasteiger partial charge in [0.15, 0.2) is 0 Å². The third-order valence-electron chi connectivity index (χ3n) is 4.32. The molecule has 4 heteroatoms. The van der Waals surface area contributed by atoms with Crippen LogP contribution in [0.5, 0.6) is 0 Å². The predicted molar refractivity (Wildman–Crippen MR) is 89.0 cm³/mol. The molecule has 0 aliphatic carbocycles. The number of nitrogens with one attached hydrogen (secondary N) is 1. The maximum Gasteiger partial charge on any atom is 0.317 e. The number of carbonyl (C=O) groups excluding carboxylic acids is 1. The Kier molecular flexibility index (Phi) is 7.23. The van der Waals surface area contributed by atoms with Crippen molar-refractivity contribution in [1.82, 2.24) is 10.2 Å². The Bertz CT molecular complexity index is 430. The number of ether oxygens (including phenoxy) is 1. The van der Waals surface area contributed by atoms with Crippen molar-refractivity contribution in [3.8, 4) is 0 Å². The van der Waals surface area contributed by atoms with Crippen molar-refractivity contribution in [2.24, 2.45) is 5.92 Å². The minimum absolute atomic E-state index is 0.0418. The summed E-state index contributed by atoms with van der Waals surface area (Å²) < 4.78 is 5.36. The van der Waals surface area contributed by atoms with Crippen LogP contribution in [0, 0.1) is 5.92 Å². The number of nitrogens with zero attached hydrogens (tertiary/aromatic N) is 1. The van der Waals surface area contributed by atoms with Crippen molar-refractivity contribution in [2.75, 3.05) is 33.4 Å². The number of carbonyl (C=O) groups is 1. The molecule has 1 heterocycles. The summed E-state index contributed by atoms with van der Waals surface area (Å²) in [4.78, 5) is 13.8. The molecule has 4 nitrogen and oxygen atoms in total. The zero-order valence-corrected chi connectivity index (χ0v) is 13.6. The third kappa shape index (κ3) is 6.06. The minimum Gasteiger partial charge on any atom is -0.381 e. The van der Waals surface area contributed by atoms with Gasteiger partial charge in [0.1, 0.15) is 0 Å². The van der Waals surface area contributed by atoms with Gasteiger partial charge in [0.05, 0.1) is 0 Å². The van der Waals surface area contributed by atoms with Crippen LogP contribution >= 0.6 is 0 Å². The molecule has 1 aliphatic heterocycles. The van der Waals surface area contributed by atoms with Crippen LogP contribution in [0.2, 0.25) is 0 Å². The summed E-state index contributed by atoms with van der Waals surface area (Å²) in [6.45, 7) is 3.31. The molecule has 0 spiro atoms. The normalized spacial score (nSPS) is 15.5. The van der Waals surface area contributed by atoms with Crippen molar-refractivity contribution in [1.29, 1.82) is 0 Å². The van der Waals surface area contributed by atoms with Gasteiger partial charge < -0.3 is 15.0 Å². The molecule has 22 heavy (non-hydrogen) atoms. The second kappa shape index (κ2) is 9.46. The minimum atomic E-state index is 0.0418. The average molecular weight is 304 g/mol. The summed E-state index contributed by atoms with van der Waals surface area (Å²) in [6, 6.07) is 10.4. The van der Waals surface area contributed by atoms with E-state index in [0.29, 0.717) is 5.92 Å². The molecule has 1 N–H and O–H groups in total. The Balaban J connectivity index is 1.55. The second-order valence-electron chi connectivity index (χ2n) is 6.09. The molecule has 0 aromatic heterocycles. The standard InChI is InChI=1S/C18H28N2O2/c1-20(13-9-17-10-14-22-15-11-17)18(21)19-12-5-8-16-6-3-2-4-7-16/h2-4,6-7,17H,5,8-15H2,1H3,(H,19,21). The lowest BCUT2D eigenvalue weighted by Crippen LogP contribution is -2.39. The van der Waals surface area contributed by atoms with E-state index < -0.39 is 0 Å². The van der Waals surface area contributed by atoms with E-state index in [4.69, 9.17) is 4.74 Å². The van der Waals surface area contributed by atoms with Gasteiger partial charge in [0.2, 0.25) is 0 Å². The molecule has 1 saturated heterocycles. The molecule has 1 aromatic carbocycles. The quantitative estimate of drug-likeness (QED) is 0.787. The second-order valence-corrected chi connectivity index (χ2v) is 6.09. The highest BCUT2D eigenvalue weighted by molar-refractivity contribution is 5.73. The maximum absolute atomic E-state index is 12.0. The molecule has 0 atom stereocenters. The van der Waals surface area contributed by atoms with Crippen molar-refractivity contribution >= 4 is 6.03 Å². The van der Waals surface area contributed by atoms with Gasteiger partial charge in [-0.15, -0.1) is 0 Å². The monoisotopic (exact) mass is 304 g/mol. The number of aryl methyl sites for hydroxylation is 1. The van der Waals surface area contributed by atoms with Gasteiger partial charge >= 0.3 is 6.03 Å². The number of benzene rings is 1. The van der Waals surface area contributed by atoms with E-state index >= 15 is 0 Å². The molecule has 122 valence electrons. The first-order chi connectivity index (χ1) is 10.8. The van der Waals surface area contributed by atoms with Gasteiger partial charge in [0.25, 0.3) is 0 Å². The Hall–Kier alpha value is -1.55. The van der Waals surface area contributed by atoms with Crippen LogP contribution in [-0.4, -0.2) is 44.3 Å². The molecule has 1 fully saturated rings. The zero-order valence-electron chi connectivity index (χ0n) is 13.6. The van der Waals surface area contributed by atoms with Crippen molar-refractivity contribution < 1.29 is 9.53 Å². The van der Waals surface area contributed by atoms with Gasteiger partial charge in [-0.25, -0.2) is 4.79 Å². The molecule has 2 rings (SSSR count). The molecule has 0 saturated carbocycles. The SMILES string of the molecule is CN(CCC1CCOCC1)C(=O)NCCCc1ccccc1. The van der Waals surface area contributed by atoms with Crippen LogP contribution in [0.15, 0.2) is 30.3 Å². The molecule has 0 unspecified atom stereocenters. The highest BCUT2D eigenvalue weighted by Crippen LogP contribution is 2.18. The summed E-state index contributed by atoms with van der Waals surface area (Å²) in [7, 11) is 1.88. The number of rotatable bonds is 7. The smallest absolute Gasteiger partial charge is 0.317 e. The summed E-state index contributed by atoms with van der Waals surface area (Å²) >= 11 is 0. The van der Waals surface area contributed by atoms with E-state index in [1.165, 1.54) is 5.56 Å². The predicted octanol–water partition coefficient (Wildman–Crippen LogP) is 3.08. The van der Waals surface area contributed by atoms with E-state index in [1.807, 2.05) is 13.1 Å². The Morgan fingerprint density at radius 2 is 2.00 bits per heavy atom. The first kappa shape index (κ1) is 16.8. The molecule has 0 bridgehead atoms. The summed E-state index contributed by atoms with van der Waals surface area (Å²) in [5.74, 6) is 0.710. The first-order valence-electron chi connectivity index (χ1n) is 8.36. The number of hydrogen-bond donors (Lipinski definition) is 1. The van der Waals surface area contributed by atoms with Crippen LogP contribution in [0.25, 0.3) is 0 Å². The van der Waals surface area contributed by atoms with Crippen molar-refractivity contribution in [2.45, 2.75) is 32.1 Å². The van der Waals surface area contributed by atoms with E-state index in [9.17, 15) is 4.79 Å². The average Bonchev–Trinajstić information content (AvgIpc) is 2.58. The van der Waals surface area contributed by atoms with Gasteiger partial charge in [-0.3, -0.25) is 0 Å². The molecule has 1 aromatic rings. The molecule has 2 amide bonds. The van der Waals surface area contributed by atoms with E-state index in [-0.39, 0.29) is 6.03 Å². The third-order valence-corrected chi connectivity index (χ3v) is 4.32. The topological polar surface area (TPSA) is 41.6 Å². The van der Waals surface area contributed by atoms with Crippen molar-refractivity contribution in [3.05, 3.63) is 35.9 Å². The fraction of sp³-hybridized carbons (Fsp3) is 0.611. The number of urea groups is 1. The first-order valence-corrected chi connectivity index (χ1v) is 8.36. The lowest BCUT2D eigenvalue weighted by molar-refractivity contribution is 0.0619. The van der Waals surface area contributed by atoms with Crippen molar-refractivity contribution in [3.63, 3.8) is 0 Å². The number of hydrogen-bond acceptors (Lipinski definition) is 2. The van der Waals surface area contributed by atoms with Gasteiger partial charge in [-0.05, 0) is 43.6 Å². The van der Waals surface area contributed by atoms with Crippen LogP contribution in [0.4, 0.5) is 4.79 Å². The number of amides is 2. The molecule has 1 aliphatic rings. The molecular weight excluding hydrogens is 276 g/mol. The van der Waals surface area contributed by atoms with Crippen LogP contribution in [-0.2, 0) is 11.2 Å². The largest absolute Gasteiger partial charge is 0.381 e. The highest BCUT2D eigenvalue weighted by Gasteiger charge is 2.15. The van der Waals surface area contributed by atoms with E-state index in [2.05, 4.69) is 29.6 Å². The van der Waals surface area contributed by atoms with Crippen LogP contribution in [0.1, 0.15) is 31.2 Å². The van der Waals surface area contributed by atoms with E-state index in [0.717, 1.165) is 58.4 Å². The van der Waals surface area contributed by atoms with E-state index in [1.54, 1.807) is 4.90 Å². The van der Waals surface area contributed by atoms with Gasteiger partial charge in [-0.2, -0.15) is 0 Å². The summed E-state index contributed by atoms with van der Waals surface area (Å²) in [5, 5.41) is 3.00. The van der Waals surface area contributed by atoms with Gasteiger partial charge in [0, 0.05) is 33.4 Å². The zero-order chi connectivity index (χ0) is 15.6.